The second kappa shape index (κ2) is 13.7. The van der Waals surface area contributed by atoms with E-state index >= 15 is 0 Å². The molecule has 0 atom stereocenters. The quantitative estimate of drug-likeness (QED) is 0.129. The summed E-state index contributed by atoms with van der Waals surface area (Å²) in [4.78, 5) is 2.30. The molecule has 4 fully saturated rings. The predicted octanol–water partition coefficient (Wildman–Crippen LogP) is 17.9. The lowest BCUT2D eigenvalue weighted by atomic mass is 9.43. The molecule has 66 heavy (non-hydrogen) atoms. The Labute approximate surface area is 390 Å². The summed E-state index contributed by atoms with van der Waals surface area (Å²) in [6, 6.07) is 64.6. The highest BCUT2D eigenvalue weighted by Crippen LogP contribution is 2.70. The van der Waals surface area contributed by atoms with Crippen LogP contribution in [0.15, 0.2) is 180 Å². The van der Waals surface area contributed by atoms with E-state index in [-0.39, 0.29) is 5.41 Å². The van der Waals surface area contributed by atoms with E-state index in [0.29, 0.717) is 0 Å². The summed E-state index contributed by atoms with van der Waals surface area (Å²) in [7, 11) is 0. The minimum Gasteiger partial charge on any atom is -0.455 e. The molecule has 4 bridgehead atoms. The first-order valence-corrected chi connectivity index (χ1v) is 25.0. The van der Waals surface area contributed by atoms with Gasteiger partial charge in [0.15, 0.2) is 0 Å². The summed E-state index contributed by atoms with van der Waals surface area (Å²) in [5.74, 6) is 5.23. The fourth-order valence-corrected chi connectivity index (χ4v) is 15.6. The summed E-state index contributed by atoms with van der Waals surface area (Å²) < 4.78 is 6.35. The first-order chi connectivity index (χ1) is 32.5. The summed E-state index contributed by atoms with van der Waals surface area (Å²) in [6.07, 6.45) is 7.12. The SMILES string of the molecule is Cc1ccc2c(c1C)-c1ccc(-c3ccc4c(ccc5cc(-c6c7ccccc7c(-c7ccc8c(c7)Sc7ccccc7O8)c7ccccc67)ccc54)c3)cc1C21C2CC3CC(C2)CC1C3. The van der Waals surface area contributed by atoms with Gasteiger partial charge in [0, 0.05) is 5.41 Å². The van der Waals surface area contributed by atoms with Gasteiger partial charge in [-0.15, -0.1) is 0 Å². The average Bonchev–Trinajstić information content (AvgIpc) is 3.64. The van der Waals surface area contributed by atoms with E-state index in [1.165, 1.54) is 125 Å². The fourth-order valence-electron chi connectivity index (χ4n) is 14.6. The lowest BCUT2D eigenvalue weighted by Crippen LogP contribution is -2.55. The van der Waals surface area contributed by atoms with E-state index in [9.17, 15) is 0 Å². The standard InChI is InChI=1S/C64H48OS/c1-36-15-25-55-61(37(36)2)54-24-19-41(34-56(54)64(55)46-28-38-27-39(30-46)31-47(64)29-38)40-18-22-48-42(32-40)16-17-43-33-44(20-23-49(43)48)62-50-9-3-5-11-52(50)63(53-12-6-4-10-51(53)62)45-21-26-58-60(35-45)66-59-14-8-7-13-57(59)65-58/h3-26,32-35,38-39,46-47H,27-31H2,1-2H3. The molecule has 0 aromatic heterocycles. The van der Waals surface area contributed by atoms with Gasteiger partial charge in [0.2, 0.25) is 0 Å². The molecular weight excluding hydrogens is 817 g/mol. The number of benzene rings is 10. The number of aryl methyl sites for hydroxylation is 1. The highest BCUT2D eigenvalue weighted by molar-refractivity contribution is 7.99. The van der Waals surface area contributed by atoms with E-state index in [0.717, 1.165) is 45.0 Å². The number of rotatable bonds is 3. The topological polar surface area (TPSA) is 9.23 Å². The summed E-state index contributed by atoms with van der Waals surface area (Å²) in [5, 5.41) is 10.2. The third-order valence-corrected chi connectivity index (χ3v) is 18.3. The minimum atomic E-state index is 0.164. The van der Waals surface area contributed by atoms with Gasteiger partial charge < -0.3 is 4.74 Å². The largest absolute Gasteiger partial charge is 0.455 e. The van der Waals surface area contributed by atoms with Gasteiger partial charge in [-0.25, -0.2) is 0 Å². The monoisotopic (exact) mass is 864 g/mol. The van der Waals surface area contributed by atoms with Crippen molar-refractivity contribution < 1.29 is 4.74 Å². The summed E-state index contributed by atoms with van der Waals surface area (Å²) >= 11 is 1.79. The third kappa shape index (κ3) is 5.14. The van der Waals surface area contributed by atoms with Gasteiger partial charge in [-0.05, 0) is 222 Å². The van der Waals surface area contributed by atoms with Crippen molar-refractivity contribution in [1.29, 1.82) is 0 Å². The molecule has 0 amide bonds. The van der Waals surface area contributed by atoms with Crippen LogP contribution in [0.5, 0.6) is 11.5 Å². The predicted molar refractivity (Wildman–Crippen MR) is 276 cm³/mol. The second-order valence-corrected chi connectivity index (χ2v) is 21.5. The van der Waals surface area contributed by atoms with Crippen LogP contribution in [-0.4, -0.2) is 0 Å². The van der Waals surface area contributed by atoms with E-state index in [1.54, 1.807) is 28.5 Å². The van der Waals surface area contributed by atoms with Crippen molar-refractivity contribution in [2.75, 3.05) is 0 Å². The molecule has 1 heterocycles. The maximum Gasteiger partial charge on any atom is 0.141 e. The molecular formula is C64H48OS. The van der Waals surface area contributed by atoms with Crippen molar-refractivity contribution in [2.24, 2.45) is 23.7 Å². The lowest BCUT2D eigenvalue weighted by Gasteiger charge is -2.61. The molecule has 0 radical (unpaired) electrons. The summed E-state index contributed by atoms with van der Waals surface area (Å²) in [6.45, 7) is 4.68. The molecule has 6 aliphatic rings. The number of fused-ring (bicyclic) bond motifs is 10. The van der Waals surface area contributed by atoms with E-state index in [2.05, 4.69) is 178 Å². The van der Waals surface area contributed by atoms with Gasteiger partial charge in [0.05, 0.1) is 9.79 Å². The Hall–Kier alpha value is -6.61. The number of para-hydroxylation sites is 1. The fraction of sp³-hybridized carbons (Fsp3) is 0.188. The number of hydrogen-bond donors (Lipinski definition) is 0. The average molecular weight is 865 g/mol. The van der Waals surface area contributed by atoms with Crippen LogP contribution in [0.4, 0.5) is 0 Å². The second-order valence-electron chi connectivity index (χ2n) is 20.5. The van der Waals surface area contributed by atoms with E-state index < -0.39 is 0 Å². The molecule has 1 nitrogen and oxygen atoms in total. The van der Waals surface area contributed by atoms with Crippen LogP contribution in [0.1, 0.15) is 54.4 Å². The van der Waals surface area contributed by atoms with E-state index in [1.807, 2.05) is 6.07 Å². The lowest BCUT2D eigenvalue weighted by molar-refractivity contribution is -0.0399. The van der Waals surface area contributed by atoms with Gasteiger partial charge in [-0.3, -0.25) is 0 Å². The maximum absolute atomic E-state index is 6.35. The molecule has 1 aliphatic heterocycles. The Balaban J connectivity index is 0.830. The molecule has 10 aromatic carbocycles. The molecule has 16 rings (SSSR count). The molecule has 316 valence electrons. The molecule has 10 aromatic rings. The Morgan fingerprint density at radius 3 is 1.65 bits per heavy atom. The van der Waals surface area contributed by atoms with Crippen molar-refractivity contribution in [3.8, 4) is 56.0 Å². The molecule has 5 aliphatic carbocycles. The zero-order valence-electron chi connectivity index (χ0n) is 37.3. The van der Waals surface area contributed by atoms with Crippen molar-refractivity contribution in [2.45, 2.75) is 61.2 Å². The summed E-state index contributed by atoms with van der Waals surface area (Å²) in [5.41, 5.74) is 17.1. The highest BCUT2D eigenvalue weighted by atomic mass is 32.2. The first kappa shape index (κ1) is 37.6. The van der Waals surface area contributed by atoms with Crippen molar-refractivity contribution >= 4 is 54.9 Å². The Kier molecular flexibility index (Phi) is 7.82. The van der Waals surface area contributed by atoms with Gasteiger partial charge in [-0.2, -0.15) is 0 Å². The normalized spacial score (nSPS) is 21.9. The van der Waals surface area contributed by atoms with Crippen LogP contribution in [0, 0.1) is 37.5 Å². The van der Waals surface area contributed by atoms with Gasteiger partial charge in [-0.1, -0.05) is 139 Å². The maximum atomic E-state index is 6.35. The van der Waals surface area contributed by atoms with Gasteiger partial charge in [0.1, 0.15) is 11.5 Å². The minimum absolute atomic E-state index is 0.164. The molecule has 4 saturated carbocycles. The Morgan fingerprint density at radius 2 is 0.970 bits per heavy atom. The van der Waals surface area contributed by atoms with Crippen molar-refractivity contribution in [3.05, 3.63) is 192 Å². The van der Waals surface area contributed by atoms with E-state index in [4.69, 9.17) is 4.74 Å². The van der Waals surface area contributed by atoms with Crippen molar-refractivity contribution in [3.63, 3.8) is 0 Å². The molecule has 0 N–H and O–H groups in total. The third-order valence-electron chi connectivity index (χ3n) is 17.3. The highest BCUT2D eigenvalue weighted by Gasteiger charge is 2.61. The molecule has 1 spiro atoms. The van der Waals surface area contributed by atoms with Crippen LogP contribution in [0.3, 0.4) is 0 Å². The smallest absolute Gasteiger partial charge is 0.141 e. The van der Waals surface area contributed by atoms with Crippen molar-refractivity contribution in [1.82, 2.24) is 0 Å². The van der Waals surface area contributed by atoms with Crippen LogP contribution < -0.4 is 4.74 Å². The van der Waals surface area contributed by atoms with Gasteiger partial charge >= 0.3 is 0 Å². The van der Waals surface area contributed by atoms with Crippen LogP contribution in [-0.2, 0) is 5.41 Å². The number of ether oxygens (including phenoxy) is 1. The van der Waals surface area contributed by atoms with Crippen LogP contribution in [0.2, 0.25) is 0 Å². The van der Waals surface area contributed by atoms with Crippen LogP contribution in [0.25, 0.3) is 87.6 Å². The van der Waals surface area contributed by atoms with Crippen LogP contribution >= 0.6 is 11.8 Å². The first-order valence-electron chi connectivity index (χ1n) is 24.2. The zero-order chi connectivity index (χ0) is 43.4. The van der Waals surface area contributed by atoms with Gasteiger partial charge in [0.25, 0.3) is 0 Å². The molecule has 0 unspecified atom stereocenters. The molecule has 0 saturated heterocycles. The Morgan fingerprint density at radius 1 is 0.424 bits per heavy atom. The molecule has 2 heteroatoms. The number of hydrogen-bond acceptors (Lipinski definition) is 2. The zero-order valence-corrected chi connectivity index (χ0v) is 38.1. The Bertz CT molecular complexity index is 3680.